The van der Waals surface area contributed by atoms with Crippen molar-refractivity contribution in [3.05, 3.63) is 39.6 Å². The molecule has 1 aromatic heterocycles. The highest BCUT2D eigenvalue weighted by atomic mass is 79.9. The number of anilines is 2. The van der Waals surface area contributed by atoms with Crippen molar-refractivity contribution in [2.75, 3.05) is 11.1 Å². The molecular weight excluding hydrogens is 308 g/mol. The number of halogens is 1. The summed E-state index contributed by atoms with van der Waals surface area (Å²) in [6.45, 7) is 3.76. The second kappa shape index (κ2) is 5.05. The Bertz CT molecular complexity index is 648. The first-order valence-electron chi connectivity index (χ1n) is 5.76. The maximum Gasteiger partial charge on any atom is 0.276 e. The van der Waals surface area contributed by atoms with Crippen LogP contribution in [0.5, 0.6) is 0 Å². The maximum absolute atomic E-state index is 12.2. The average molecular weight is 323 g/mol. The maximum atomic E-state index is 12.2. The SMILES string of the molecule is Cc1ccc(NC(=O)c2c(N)c(C)nn2C)c(Br)c1. The summed E-state index contributed by atoms with van der Waals surface area (Å²) in [5, 5.41) is 6.95. The fourth-order valence-electron chi connectivity index (χ4n) is 1.85. The van der Waals surface area contributed by atoms with Gasteiger partial charge in [0.15, 0.2) is 0 Å². The minimum Gasteiger partial charge on any atom is -0.395 e. The van der Waals surface area contributed by atoms with Crippen molar-refractivity contribution in [2.45, 2.75) is 13.8 Å². The van der Waals surface area contributed by atoms with E-state index < -0.39 is 0 Å². The molecular formula is C13H15BrN4O. The number of hydrogen-bond donors (Lipinski definition) is 2. The number of carbonyl (C=O) groups is 1. The van der Waals surface area contributed by atoms with E-state index in [1.54, 1.807) is 14.0 Å². The molecule has 6 heteroatoms. The summed E-state index contributed by atoms with van der Waals surface area (Å²) in [6.07, 6.45) is 0. The van der Waals surface area contributed by atoms with Gasteiger partial charge in [-0.1, -0.05) is 6.07 Å². The van der Waals surface area contributed by atoms with Crippen LogP contribution in [0.1, 0.15) is 21.7 Å². The van der Waals surface area contributed by atoms with Gasteiger partial charge in [-0.15, -0.1) is 0 Å². The van der Waals surface area contributed by atoms with Crippen molar-refractivity contribution < 1.29 is 4.79 Å². The van der Waals surface area contributed by atoms with Crippen LogP contribution in [0.25, 0.3) is 0 Å². The number of nitrogens with one attached hydrogen (secondary N) is 1. The predicted molar refractivity (Wildman–Crippen MR) is 79.2 cm³/mol. The van der Waals surface area contributed by atoms with Crippen LogP contribution < -0.4 is 11.1 Å². The molecule has 0 saturated heterocycles. The van der Waals surface area contributed by atoms with E-state index in [2.05, 4.69) is 26.3 Å². The molecule has 3 N–H and O–H groups in total. The zero-order chi connectivity index (χ0) is 14.2. The fourth-order valence-corrected chi connectivity index (χ4v) is 2.44. The van der Waals surface area contributed by atoms with Crippen molar-refractivity contribution in [1.29, 1.82) is 0 Å². The number of nitrogens with zero attached hydrogens (tertiary/aromatic N) is 2. The molecule has 0 bridgehead atoms. The van der Waals surface area contributed by atoms with Gasteiger partial charge < -0.3 is 11.1 Å². The number of nitrogens with two attached hydrogens (primary N) is 1. The molecule has 0 atom stereocenters. The molecule has 1 heterocycles. The Hall–Kier alpha value is -1.82. The van der Waals surface area contributed by atoms with Crippen molar-refractivity contribution in [2.24, 2.45) is 7.05 Å². The molecule has 0 saturated carbocycles. The monoisotopic (exact) mass is 322 g/mol. The molecule has 0 unspecified atom stereocenters. The molecule has 1 aromatic carbocycles. The number of benzene rings is 1. The summed E-state index contributed by atoms with van der Waals surface area (Å²) in [7, 11) is 1.70. The van der Waals surface area contributed by atoms with Crippen LogP contribution in [0.4, 0.5) is 11.4 Å². The van der Waals surface area contributed by atoms with Crippen molar-refractivity contribution >= 4 is 33.2 Å². The van der Waals surface area contributed by atoms with Gasteiger partial charge in [0.2, 0.25) is 0 Å². The van der Waals surface area contributed by atoms with E-state index in [0.717, 1.165) is 10.0 Å². The number of hydrogen-bond acceptors (Lipinski definition) is 3. The van der Waals surface area contributed by atoms with Crippen LogP contribution in [-0.2, 0) is 7.05 Å². The second-order valence-corrected chi connectivity index (χ2v) is 5.26. The van der Waals surface area contributed by atoms with Crippen LogP contribution in [0, 0.1) is 13.8 Å². The first-order valence-corrected chi connectivity index (χ1v) is 6.56. The lowest BCUT2D eigenvalue weighted by molar-refractivity contribution is 0.101. The van der Waals surface area contributed by atoms with Crippen molar-refractivity contribution in [1.82, 2.24) is 9.78 Å². The van der Waals surface area contributed by atoms with Crippen molar-refractivity contribution in [3.8, 4) is 0 Å². The molecule has 0 aliphatic rings. The van der Waals surface area contributed by atoms with Gasteiger partial charge in [0.1, 0.15) is 5.69 Å². The van der Waals surface area contributed by atoms with Gasteiger partial charge in [-0.05, 0) is 47.5 Å². The molecule has 0 aliphatic heterocycles. The molecule has 100 valence electrons. The Morgan fingerprint density at radius 1 is 1.42 bits per heavy atom. The Kier molecular flexibility index (Phi) is 3.61. The highest BCUT2D eigenvalue weighted by molar-refractivity contribution is 9.10. The summed E-state index contributed by atoms with van der Waals surface area (Å²) in [6, 6.07) is 5.71. The number of aromatic nitrogens is 2. The lowest BCUT2D eigenvalue weighted by Gasteiger charge is -2.08. The Labute approximate surface area is 119 Å². The summed E-state index contributed by atoms with van der Waals surface area (Å²) >= 11 is 3.42. The highest BCUT2D eigenvalue weighted by Gasteiger charge is 2.18. The molecule has 0 spiro atoms. The third-order valence-corrected chi connectivity index (χ3v) is 3.51. The van der Waals surface area contributed by atoms with E-state index in [4.69, 9.17) is 5.73 Å². The molecule has 19 heavy (non-hydrogen) atoms. The predicted octanol–water partition coefficient (Wildman–Crippen LogP) is 2.63. The number of rotatable bonds is 2. The standard InChI is InChI=1S/C13H15BrN4O/c1-7-4-5-10(9(14)6-7)16-13(19)12-11(15)8(2)17-18(12)3/h4-6H,15H2,1-3H3,(H,16,19). The third-order valence-electron chi connectivity index (χ3n) is 2.86. The van der Waals surface area contributed by atoms with Gasteiger partial charge in [-0.3, -0.25) is 9.48 Å². The number of amides is 1. The third kappa shape index (κ3) is 2.63. The van der Waals surface area contributed by atoms with Crippen LogP contribution in [-0.4, -0.2) is 15.7 Å². The highest BCUT2D eigenvalue weighted by Crippen LogP contribution is 2.25. The van der Waals surface area contributed by atoms with E-state index >= 15 is 0 Å². The average Bonchev–Trinajstić information content (AvgIpc) is 2.57. The van der Waals surface area contributed by atoms with Gasteiger partial charge in [-0.25, -0.2) is 0 Å². The number of aryl methyl sites for hydroxylation is 3. The largest absolute Gasteiger partial charge is 0.395 e. The minimum atomic E-state index is -0.273. The van der Waals surface area contributed by atoms with Gasteiger partial charge >= 0.3 is 0 Å². The van der Waals surface area contributed by atoms with E-state index in [0.29, 0.717) is 22.8 Å². The summed E-state index contributed by atoms with van der Waals surface area (Å²) in [4.78, 5) is 12.2. The summed E-state index contributed by atoms with van der Waals surface area (Å²) in [5.41, 5.74) is 9.10. The fraction of sp³-hybridized carbons (Fsp3) is 0.231. The number of carbonyl (C=O) groups excluding carboxylic acids is 1. The van der Waals surface area contributed by atoms with Gasteiger partial charge in [0, 0.05) is 11.5 Å². The summed E-state index contributed by atoms with van der Waals surface area (Å²) in [5.74, 6) is -0.273. The van der Waals surface area contributed by atoms with E-state index in [1.807, 2.05) is 25.1 Å². The molecule has 0 fully saturated rings. The Morgan fingerprint density at radius 3 is 2.63 bits per heavy atom. The van der Waals surface area contributed by atoms with E-state index in [9.17, 15) is 4.79 Å². The first-order chi connectivity index (χ1) is 8.90. The minimum absolute atomic E-state index is 0.273. The van der Waals surface area contributed by atoms with Crippen LogP contribution in [0.3, 0.4) is 0 Å². The Morgan fingerprint density at radius 2 is 2.11 bits per heavy atom. The second-order valence-electron chi connectivity index (χ2n) is 4.41. The van der Waals surface area contributed by atoms with Crippen molar-refractivity contribution in [3.63, 3.8) is 0 Å². The van der Waals surface area contributed by atoms with Gasteiger partial charge in [0.25, 0.3) is 5.91 Å². The normalized spacial score (nSPS) is 10.5. The number of nitrogen functional groups attached to an aromatic ring is 1. The van der Waals surface area contributed by atoms with E-state index in [1.165, 1.54) is 4.68 Å². The van der Waals surface area contributed by atoms with Gasteiger partial charge in [-0.2, -0.15) is 5.10 Å². The smallest absolute Gasteiger partial charge is 0.276 e. The van der Waals surface area contributed by atoms with Crippen LogP contribution in [0.2, 0.25) is 0 Å². The molecule has 0 aliphatic carbocycles. The molecule has 2 aromatic rings. The zero-order valence-corrected chi connectivity index (χ0v) is 12.6. The molecule has 5 nitrogen and oxygen atoms in total. The van der Waals surface area contributed by atoms with E-state index in [-0.39, 0.29) is 5.91 Å². The zero-order valence-electron chi connectivity index (χ0n) is 11.0. The van der Waals surface area contributed by atoms with Crippen LogP contribution in [0.15, 0.2) is 22.7 Å². The summed E-state index contributed by atoms with van der Waals surface area (Å²) < 4.78 is 2.32. The molecule has 1 amide bonds. The Balaban J connectivity index is 2.31. The van der Waals surface area contributed by atoms with Crippen LogP contribution >= 0.6 is 15.9 Å². The molecule has 0 radical (unpaired) electrons. The van der Waals surface area contributed by atoms with Gasteiger partial charge in [0.05, 0.1) is 17.1 Å². The lowest BCUT2D eigenvalue weighted by Crippen LogP contribution is -2.18. The lowest BCUT2D eigenvalue weighted by atomic mass is 10.2. The molecule has 2 rings (SSSR count). The quantitative estimate of drug-likeness (QED) is 0.892. The first kappa shape index (κ1) is 13.6. The topological polar surface area (TPSA) is 72.9 Å².